The maximum absolute atomic E-state index is 10.5. The van der Waals surface area contributed by atoms with Crippen molar-refractivity contribution >= 4 is 16.7 Å². The Morgan fingerprint density at radius 1 is 1.38 bits per heavy atom. The van der Waals surface area contributed by atoms with Crippen molar-refractivity contribution in [3.63, 3.8) is 0 Å². The number of hydrogen-bond acceptors (Lipinski definition) is 3. The Balaban J connectivity index is 2.86. The van der Waals surface area contributed by atoms with Crippen molar-refractivity contribution in [2.45, 2.75) is 0 Å². The number of nitro benzene ring substituents is 1. The molecule has 0 spiro atoms. The molecule has 0 N–H and O–H groups in total. The van der Waals surface area contributed by atoms with Gasteiger partial charge in [0.15, 0.2) is 0 Å². The monoisotopic (exact) mass is 176 g/mol. The van der Waals surface area contributed by atoms with Gasteiger partial charge in [-0.25, -0.2) is 0 Å². The molecule has 0 aliphatic carbocycles. The van der Waals surface area contributed by atoms with Crippen molar-refractivity contribution in [3.8, 4) is 0 Å². The van der Waals surface area contributed by atoms with Crippen LogP contribution < -0.4 is 0 Å². The Kier molecular flexibility index (Phi) is 1.55. The molecule has 4 nitrogen and oxygen atoms in total. The highest BCUT2D eigenvalue weighted by Gasteiger charge is 2.15. The zero-order valence-electron chi connectivity index (χ0n) is 6.69. The minimum Gasteiger partial charge on any atom is -0.457 e. The lowest BCUT2D eigenvalue weighted by molar-refractivity contribution is -0.383. The predicted molar refractivity (Wildman–Crippen MR) is 47.3 cm³/mol. The topological polar surface area (TPSA) is 56.3 Å². The van der Waals surface area contributed by atoms with E-state index < -0.39 is 4.92 Å². The highest BCUT2D eigenvalue weighted by atomic mass is 16.6. The van der Waals surface area contributed by atoms with Gasteiger partial charge in [-0.3, -0.25) is 10.1 Å². The Morgan fingerprint density at radius 3 is 2.85 bits per heavy atom. The molecule has 0 fully saturated rings. The fourth-order valence-electron chi connectivity index (χ4n) is 1.25. The molecule has 1 aromatic carbocycles. The van der Waals surface area contributed by atoms with Gasteiger partial charge in [-0.2, -0.15) is 0 Å². The van der Waals surface area contributed by atoms with E-state index in [-0.39, 0.29) is 11.3 Å². The average Bonchev–Trinajstić information content (AvgIpc) is 2.53. The van der Waals surface area contributed by atoms with Crippen LogP contribution in [0.25, 0.3) is 11.0 Å². The first-order valence-corrected chi connectivity index (χ1v) is 3.66. The van der Waals surface area contributed by atoms with Gasteiger partial charge in [0.1, 0.15) is 0 Å². The predicted octanol–water partition coefficient (Wildman–Crippen LogP) is 2.52. The number of nitro groups is 1. The van der Waals surface area contributed by atoms with E-state index >= 15 is 0 Å². The minimum atomic E-state index is -0.467. The summed E-state index contributed by atoms with van der Waals surface area (Å²) in [7, 11) is 0. The SMILES string of the molecule is [CH2]c1ccc([N+](=O)[O-])c2occc12. The minimum absolute atomic E-state index is 0.0209. The van der Waals surface area contributed by atoms with Crippen LogP contribution in [0.5, 0.6) is 0 Å². The number of nitrogens with zero attached hydrogens (tertiary/aromatic N) is 1. The van der Waals surface area contributed by atoms with Crippen LogP contribution in [0.3, 0.4) is 0 Å². The van der Waals surface area contributed by atoms with Gasteiger partial charge in [0.2, 0.25) is 5.58 Å². The summed E-state index contributed by atoms with van der Waals surface area (Å²) in [5.74, 6) is 0. The number of fused-ring (bicyclic) bond motifs is 1. The summed E-state index contributed by atoms with van der Waals surface area (Å²) < 4.78 is 5.01. The lowest BCUT2D eigenvalue weighted by Crippen LogP contribution is -1.88. The summed E-state index contributed by atoms with van der Waals surface area (Å²) in [4.78, 5) is 10.1. The van der Waals surface area contributed by atoms with Crippen molar-refractivity contribution in [1.29, 1.82) is 0 Å². The van der Waals surface area contributed by atoms with E-state index in [0.29, 0.717) is 5.39 Å². The fraction of sp³-hybridized carbons (Fsp3) is 0. The van der Waals surface area contributed by atoms with Crippen LogP contribution in [0.2, 0.25) is 0 Å². The van der Waals surface area contributed by atoms with Crippen molar-refractivity contribution < 1.29 is 9.34 Å². The highest BCUT2D eigenvalue weighted by molar-refractivity contribution is 5.89. The van der Waals surface area contributed by atoms with E-state index in [1.165, 1.54) is 12.3 Å². The van der Waals surface area contributed by atoms with Crippen molar-refractivity contribution in [2.75, 3.05) is 0 Å². The van der Waals surface area contributed by atoms with Gasteiger partial charge in [0.05, 0.1) is 11.2 Å². The molecule has 1 heterocycles. The van der Waals surface area contributed by atoms with Crippen LogP contribution >= 0.6 is 0 Å². The molecule has 0 saturated heterocycles. The van der Waals surface area contributed by atoms with E-state index in [9.17, 15) is 10.1 Å². The number of rotatable bonds is 1. The highest BCUT2D eigenvalue weighted by Crippen LogP contribution is 2.28. The van der Waals surface area contributed by atoms with E-state index in [4.69, 9.17) is 4.42 Å². The van der Waals surface area contributed by atoms with Crippen LogP contribution in [0, 0.1) is 17.0 Å². The van der Waals surface area contributed by atoms with Gasteiger partial charge < -0.3 is 4.42 Å². The molecule has 65 valence electrons. The lowest BCUT2D eigenvalue weighted by atomic mass is 10.1. The summed E-state index contributed by atoms with van der Waals surface area (Å²) in [6, 6.07) is 4.68. The van der Waals surface area contributed by atoms with Crippen molar-refractivity contribution in [2.24, 2.45) is 0 Å². The molecule has 1 aromatic heterocycles. The van der Waals surface area contributed by atoms with Gasteiger partial charge in [0.25, 0.3) is 0 Å². The van der Waals surface area contributed by atoms with Crippen molar-refractivity contribution in [1.82, 2.24) is 0 Å². The summed E-state index contributed by atoms with van der Waals surface area (Å²) in [5.41, 5.74) is 0.999. The molecule has 0 bridgehead atoms. The van der Waals surface area contributed by atoms with Gasteiger partial charge in [0, 0.05) is 11.5 Å². The molecular weight excluding hydrogens is 170 g/mol. The normalized spacial score (nSPS) is 10.5. The first-order chi connectivity index (χ1) is 6.20. The standard InChI is InChI=1S/C9H6NO3/c1-6-2-3-8(10(11)12)9-7(6)4-5-13-9/h2-5H,1H2. The van der Waals surface area contributed by atoms with Crippen molar-refractivity contribution in [3.05, 3.63) is 47.1 Å². The molecular formula is C9H6NO3. The molecule has 1 radical (unpaired) electrons. The molecule has 4 heteroatoms. The summed E-state index contributed by atoms with van der Waals surface area (Å²) in [6.07, 6.45) is 1.42. The van der Waals surface area contributed by atoms with E-state index in [2.05, 4.69) is 6.92 Å². The molecule has 13 heavy (non-hydrogen) atoms. The molecule has 0 aliphatic heterocycles. The summed E-state index contributed by atoms with van der Waals surface area (Å²) in [6.45, 7) is 3.74. The maximum atomic E-state index is 10.5. The van der Waals surface area contributed by atoms with Gasteiger partial charge >= 0.3 is 5.69 Å². The Labute approximate surface area is 73.9 Å². The second-order valence-corrected chi connectivity index (χ2v) is 2.66. The largest absolute Gasteiger partial charge is 0.457 e. The third-order valence-electron chi connectivity index (χ3n) is 1.88. The van der Waals surface area contributed by atoms with Crippen LogP contribution in [0.4, 0.5) is 5.69 Å². The first-order valence-electron chi connectivity index (χ1n) is 3.66. The Morgan fingerprint density at radius 2 is 2.15 bits per heavy atom. The number of hydrogen-bond donors (Lipinski definition) is 0. The molecule has 2 rings (SSSR count). The quantitative estimate of drug-likeness (QED) is 0.495. The summed E-state index contributed by atoms with van der Waals surface area (Å²) in [5, 5.41) is 11.2. The van der Waals surface area contributed by atoms with Crippen LogP contribution in [0.1, 0.15) is 5.56 Å². The van der Waals surface area contributed by atoms with Gasteiger partial charge in [-0.15, -0.1) is 0 Å². The first kappa shape index (κ1) is 7.79. The van der Waals surface area contributed by atoms with Gasteiger partial charge in [-0.05, 0) is 18.6 Å². The Bertz CT molecular complexity index is 473. The second kappa shape index (κ2) is 2.58. The molecule has 0 saturated carbocycles. The van der Waals surface area contributed by atoms with E-state index in [1.807, 2.05) is 0 Å². The fourth-order valence-corrected chi connectivity index (χ4v) is 1.25. The molecule has 2 aromatic rings. The number of furan rings is 1. The molecule has 0 unspecified atom stereocenters. The Hall–Kier alpha value is -1.84. The summed E-state index contributed by atoms with van der Waals surface area (Å²) >= 11 is 0. The third-order valence-corrected chi connectivity index (χ3v) is 1.88. The maximum Gasteiger partial charge on any atom is 0.312 e. The molecule has 0 aliphatic rings. The molecule has 0 amide bonds. The van der Waals surface area contributed by atoms with Crippen LogP contribution in [-0.4, -0.2) is 4.92 Å². The van der Waals surface area contributed by atoms with E-state index in [0.717, 1.165) is 5.56 Å². The number of benzene rings is 1. The number of non-ortho nitro benzene ring substituents is 1. The smallest absolute Gasteiger partial charge is 0.312 e. The zero-order chi connectivity index (χ0) is 9.42. The van der Waals surface area contributed by atoms with E-state index in [1.54, 1.807) is 12.1 Å². The third kappa shape index (κ3) is 1.07. The van der Waals surface area contributed by atoms with Gasteiger partial charge in [-0.1, -0.05) is 6.07 Å². The average molecular weight is 176 g/mol. The lowest BCUT2D eigenvalue weighted by Gasteiger charge is -1.95. The van der Waals surface area contributed by atoms with Crippen LogP contribution in [0.15, 0.2) is 28.9 Å². The zero-order valence-corrected chi connectivity index (χ0v) is 6.69. The van der Waals surface area contributed by atoms with Crippen LogP contribution in [-0.2, 0) is 0 Å². The molecule has 0 atom stereocenters. The second-order valence-electron chi connectivity index (χ2n) is 2.66.